The topological polar surface area (TPSA) is 80.8 Å². The smallest absolute Gasteiger partial charge is 0.241 e. The Morgan fingerprint density at radius 2 is 1.88 bits per heavy atom. The molecule has 1 atom stereocenters. The summed E-state index contributed by atoms with van der Waals surface area (Å²) in [5.74, 6) is 1.15. The quantitative estimate of drug-likeness (QED) is 0.469. The zero-order valence-corrected chi connectivity index (χ0v) is 20.8. The van der Waals surface area contributed by atoms with Crippen LogP contribution >= 0.6 is 11.6 Å². The van der Waals surface area contributed by atoms with E-state index in [1.807, 2.05) is 38.1 Å². The molecule has 0 bridgehead atoms. The number of nitrogens with one attached hydrogen (secondary N) is 1. The molecule has 2 heterocycles. The number of rotatable bonds is 8. The molecule has 0 radical (unpaired) electrons. The van der Waals surface area contributed by atoms with Crippen molar-refractivity contribution in [3.63, 3.8) is 0 Å². The van der Waals surface area contributed by atoms with Crippen LogP contribution in [-0.4, -0.2) is 39.7 Å². The number of nitrogens with zero attached hydrogens (tertiary/aromatic N) is 2. The first-order valence-corrected chi connectivity index (χ1v) is 13.1. The second-order valence-corrected chi connectivity index (χ2v) is 10.2. The number of halogens is 1. The number of anilines is 1. The van der Waals surface area contributed by atoms with E-state index in [0.717, 1.165) is 29.9 Å². The number of pyridine rings is 1. The van der Waals surface area contributed by atoms with Gasteiger partial charge in [0.2, 0.25) is 15.9 Å². The molecule has 0 amide bonds. The van der Waals surface area contributed by atoms with Crippen molar-refractivity contribution >= 4 is 27.3 Å². The number of morpholine rings is 1. The Hall–Kier alpha value is -2.65. The van der Waals surface area contributed by atoms with Gasteiger partial charge in [-0.15, -0.1) is 0 Å². The molecule has 4 rings (SSSR count). The van der Waals surface area contributed by atoms with Crippen LogP contribution in [0.15, 0.2) is 65.7 Å². The minimum Gasteiger partial charge on any atom is -0.439 e. The van der Waals surface area contributed by atoms with Crippen LogP contribution in [-0.2, 0) is 21.2 Å². The van der Waals surface area contributed by atoms with Crippen LogP contribution in [0.2, 0.25) is 5.02 Å². The van der Waals surface area contributed by atoms with Crippen molar-refractivity contribution in [2.75, 3.05) is 31.2 Å². The number of benzene rings is 2. The van der Waals surface area contributed by atoms with E-state index in [2.05, 4.69) is 20.7 Å². The fourth-order valence-electron chi connectivity index (χ4n) is 3.99. The summed E-state index contributed by atoms with van der Waals surface area (Å²) >= 11 is 5.90. The zero-order chi connectivity index (χ0) is 24.1. The molecular formula is C25H28ClN3O4S. The second-order valence-electron chi connectivity index (χ2n) is 8.03. The molecule has 7 nitrogen and oxygen atoms in total. The Labute approximate surface area is 205 Å². The van der Waals surface area contributed by atoms with Crippen LogP contribution in [0, 0.1) is 0 Å². The van der Waals surface area contributed by atoms with Gasteiger partial charge < -0.3 is 14.4 Å². The molecule has 9 heteroatoms. The van der Waals surface area contributed by atoms with E-state index in [9.17, 15) is 8.42 Å². The lowest BCUT2D eigenvalue weighted by Crippen LogP contribution is -2.36. The molecule has 1 aliphatic heterocycles. The van der Waals surface area contributed by atoms with Gasteiger partial charge >= 0.3 is 0 Å². The van der Waals surface area contributed by atoms with Gasteiger partial charge in [0.05, 0.1) is 18.1 Å². The van der Waals surface area contributed by atoms with Crippen molar-refractivity contribution in [1.82, 2.24) is 9.71 Å². The van der Waals surface area contributed by atoms with Crippen LogP contribution in [0.25, 0.3) is 0 Å². The van der Waals surface area contributed by atoms with Crippen molar-refractivity contribution in [3.8, 4) is 11.6 Å². The standard InChI is InChI=1S/C25H28ClN3O4S/c1-3-23-24(18(2)28-34(30,31)22-9-7-19(26)8-10-22)11-12-27-25(23)33-21-6-4-5-20(17-21)29-13-15-32-16-14-29/h4-12,17-18,28H,3,13-16H2,1-2H3. The van der Waals surface area contributed by atoms with Crippen LogP contribution in [0.4, 0.5) is 5.69 Å². The third-order valence-electron chi connectivity index (χ3n) is 5.74. The molecular weight excluding hydrogens is 474 g/mol. The molecule has 1 aromatic heterocycles. The van der Waals surface area contributed by atoms with Gasteiger partial charge in [0, 0.05) is 47.7 Å². The summed E-state index contributed by atoms with van der Waals surface area (Å²) in [4.78, 5) is 6.86. The molecule has 3 aromatic rings. The molecule has 0 aliphatic carbocycles. The average Bonchev–Trinajstić information content (AvgIpc) is 2.84. The Bertz CT molecular complexity index is 1230. The summed E-state index contributed by atoms with van der Waals surface area (Å²) < 4.78 is 40.1. The number of hydrogen-bond donors (Lipinski definition) is 1. The van der Waals surface area contributed by atoms with Gasteiger partial charge in [0.1, 0.15) is 5.75 Å². The summed E-state index contributed by atoms with van der Waals surface area (Å²) in [6.45, 7) is 6.89. The fraction of sp³-hybridized carbons (Fsp3) is 0.320. The van der Waals surface area contributed by atoms with Gasteiger partial charge in [0.25, 0.3) is 0 Å². The van der Waals surface area contributed by atoms with Crippen molar-refractivity contribution < 1.29 is 17.9 Å². The zero-order valence-electron chi connectivity index (χ0n) is 19.2. The highest BCUT2D eigenvalue weighted by Gasteiger charge is 2.22. The molecule has 2 aromatic carbocycles. The lowest BCUT2D eigenvalue weighted by molar-refractivity contribution is 0.122. The Morgan fingerprint density at radius 1 is 1.15 bits per heavy atom. The summed E-state index contributed by atoms with van der Waals surface area (Å²) in [6.07, 6.45) is 2.28. The molecule has 0 saturated carbocycles. The van der Waals surface area contributed by atoms with Gasteiger partial charge in [-0.2, -0.15) is 0 Å². The fourth-order valence-corrected chi connectivity index (χ4v) is 5.34. The van der Waals surface area contributed by atoms with E-state index in [1.54, 1.807) is 18.3 Å². The highest BCUT2D eigenvalue weighted by atomic mass is 35.5. The predicted octanol–water partition coefficient (Wildman–Crippen LogP) is 4.97. The van der Waals surface area contributed by atoms with E-state index < -0.39 is 16.1 Å². The first-order chi connectivity index (χ1) is 16.4. The first kappa shape index (κ1) is 24.5. The lowest BCUT2D eigenvalue weighted by Gasteiger charge is -2.29. The normalized spacial score (nSPS) is 15.2. The predicted molar refractivity (Wildman–Crippen MR) is 133 cm³/mol. The van der Waals surface area contributed by atoms with Crippen LogP contribution in [0.5, 0.6) is 11.6 Å². The maximum absolute atomic E-state index is 12.9. The van der Waals surface area contributed by atoms with E-state index in [-0.39, 0.29) is 4.90 Å². The lowest BCUT2D eigenvalue weighted by atomic mass is 10.0. The van der Waals surface area contributed by atoms with Gasteiger partial charge in [-0.1, -0.05) is 24.6 Å². The van der Waals surface area contributed by atoms with Crippen molar-refractivity contribution in [2.24, 2.45) is 0 Å². The minimum atomic E-state index is -3.72. The highest BCUT2D eigenvalue weighted by Crippen LogP contribution is 2.31. The molecule has 1 unspecified atom stereocenters. The monoisotopic (exact) mass is 501 g/mol. The van der Waals surface area contributed by atoms with Gasteiger partial charge in [-0.25, -0.2) is 18.1 Å². The molecule has 1 N–H and O–H groups in total. The van der Waals surface area contributed by atoms with E-state index >= 15 is 0 Å². The highest BCUT2D eigenvalue weighted by molar-refractivity contribution is 7.89. The van der Waals surface area contributed by atoms with Crippen LogP contribution < -0.4 is 14.4 Å². The SMILES string of the molecule is CCc1c(C(C)NS(=O)(=O)c2ccc(Cl)cc2)ccnc1Oc1cccc(N2CCOCC2)c1. The maximum atomic E-state index is 12.9. The van der Waals surface area contributed by atoms with Gasteiger partial charge in [-0.05, 0) is 61.4 Å². The molecule has 0 spiro atoms. The van der Waals surface area contributed by atoms with E-state index in [0.29, 0.717) is 36.3 Å². The Kier molecular flexibility index (Phi) is 7.73. The number of ether oxygens (including phenoxy) is 2. The van der Waals surface area contributed by atoms with Crippen molar-refractivity contribution in [2.45, 2.75) is 31.2 Å². The summed E-state index contributed by atoms with van der Waals surface area (Å²) in [6, 6.07) is 15.3. The number of hydrogen-bond acceptors (Lipinski definition) is 6. The summed E-state index contributed by atoms with van der Waals surface area (Å²) in [5, 5.41) is 0.480. The van der Waals surface area contributed by atoms with E-state index in [4.69, 9.17) is 21.1 Å². The van der Waals surface area contributed by atoms with Crippen LogP contribution in [0.1, 0.15) is 31.0 Å². The largest absolute Gasteiger partial charge is 0.439 e. The molecule has 1 aliphatic rings. The molecule has 1 fully saturated rings. The summed E-state index contributed by atoms with van der Waals surface area (Å²) in [7, 11) is -3.72. The van der Waals surface area contributed by atoms with Crippen molar-refractivity contribution in [1.29, 1.82) is 0 Å². The maximum Gasteiger partial charge on any atom is 0.241 e. The minimum absolute atomic E-state index is 0.159. The molecule has 1 saturated heterocycles. The van der Waals surface area contributed by atoms with Crippen LogP contribution in [0.3, 0.4) is 0 Å². The first-order valence-electron chi connectivity index (χ1n) is 11.2. The Balaban J connectivity index is 1.56. The second kappa shape index (κ2) is 10.7. The Morgan fingerprint density at radius 3 is 2.59 bits per heavy atom. The number of aromatic nitrogens is 1. The summed E-state index contributed by atoms with van der Waals surface area (Å²) in [5.41, 5.74) is 2.74. The third kappa shape index (κ3) is 5.70. The van der Waals surface area contributed by atoms with Gasteiger partial charge in [-0.3, -0.25) is 0 Å². The van der Waals surface area contributed by atoms with E-state index in [1.165, 1.54) is 12.1 Å². The third-order valence-corrected chi connectivity index (χ3v) is 7.55. The van der Waals surface area contributed by atoms with Gasteiger partial charge in [0.15, 0.2) is 0 Å². The molecule has 34 heavy (non-hydrogen) atoms. The molecule has 180 valence electrons. The van der Waals surface area contributed by atoms with Crippen molar-refractivity contribution in [3.05, 3.63) is 76.9 Å². The number of sulfonamides is 1. The average molecular weight is 502 g/mol.